The van der Waals surface area contributed by atoms with Gasteiger partial charge in [0.25, 0.3) is 0 Å². The summed E-state index contributed by atoms with van der Waals surface area (Å²) in [6, 6.07) is 11.4. The average Bonchev–Trinajstić information content (AvgIpc) is 2.77. The molecule has 96 valence electrons. The summed E-state index contributed by atoms with van der Waals surface area (Å²) in [5.41, 5.74) is 4.08. The molecule has 0 saturated carbocycles. The van der Waals surface area contributed by atoms with Crippen molar-refractivity contribution in [2.45, 2.75) is 33.2 Å². The summed E-state index contributed by atoms with van der Waals surface area (Å²) >= 11 is 1.85. The summed E-state index contributed by atoms with van der Waals surface area (Å²) in [7, 11) is 0. The Bertz CT molecular complexity index is 501. The van der Waals surface area contributed by atoms with Crippen LogP contribution in [0.15, 0.2) is 35.7 Å². The van der Waals surface area contributed by atoms with Crippen molar-refractivity contribution in [3.63, 3.8) is 0 Å². The first-order valence-electron chi connectivity index (χ1n) is 6.56. The molecule has 2 aromatic rings. The van der Waals surface area contributed by atoms with Crippen molar-refractivity contribution in [1.82, 2.24) is 5.32 Å². The number of hydrogen-bond acceptors (Lipinski definition) is 2. The van der Waals surface area contributed by atoms with Gasteiger partial charge < -0.3 is 5.32 Å². The van der Waals surface area contributed by atoms with Crippen molar-refractivity contribution in [3.8, 4) is 0 Å². The van der Waals surface area contributed by atoms with E-state index in [2.05, 4.69) is 61.8 Å². The maximum absolute atomic E-state index is 3.67. The van der Waals surface area contributed by atoms with Crippen molar-refractivity contribution < 1.29 is 0 Å². The molecule has 0 aliphatic rings. The summed E-state index contributed by atoms with van der Waals surface area (Å²) in [5, 5.41) is 5.85. The number of nitrogens with one attached hydrogen (secondary N) is 1. The lowest BCUT2D eigenvalue weighted by molar-refractivity contribution is 0.603. The molecular formula is C16H21NS. The SMILES string of the molecule is CCCNC(c1cccc(C)c1)c1sccc1C. The molecular weight excluding hydrogens is 238 g/mol. The molecule has 1 aromatic carbocycles. The zero-order chi connectivity index (χ0) is 13.0. The standard InChI is InChI=1S/C16H21NS/c1-4-9-17-15(16-13(3)8-10-18-16)14-7-5-6-12(2)11-14/h5-8,10-11,15,17H,4,9H2,1-3H3. The van der Waals surface area contributed by atoms with Crippen LogP contribution in [-0.4, -0.2) is 6.54 Å². The molecule has 2 heteroatoms. The van der Waals surface area contributed by atoms with E-state index >= 15 is 0 Å². The van der Waals surface area contributed by atoms with E-state index in [1.54, 1.807) is 0 Å². The molecule has 0 radical (unpaired) electrons. The van der Waals surface area contributed by atoms with Gasteiger partial charge in [-0.15, -0.1) is 11.3 Å². The van der Waals surface area contributed by atoms with E-state index in [0.717, 1.165) is 13.0 Å². The van der Waals surface area contributed by atoms with E-state index in [1.807, 2.05) is 11.3 Å². The quantitative estimate of drug-likeness (QED) is 0.836. The third-order valence-corrected chi connectivity index (χ3v) is 4.22. The molecule has 1 N–H and O–H groups in total. The van der Waals surface area contributed by atoms with E-state index < -0.39 is 0 Å². The van der Waals surface area contributed by atoms with Crippen molar-refractivity contribution in [2.75, 3.05) is 6.54 Å². The van der Waals surface area contributed by atoms with Crippen LogP contribution in [0.4, 0.5) is 0 Å². The highest BCUT2D eigenvalue weighted by Crippen LogP contribution is 2.29. The fourth-order valence-corrected chi connectivity index (χ4v) is 3.21. The van der Waals surface area contributed by atoms with Gasteiger partial charge in [-0.1, -0.05) is 36.8 Å². The lowest BCUT2D eigenvalue weighted by Gasteiger charge is -2.19. The summed E-state index contributed by atoms with van der Waals surface area (Å²) in [4.78, 5) is 1.44. The van der Waals surface area contributed by atoms with Crippen molar-refractivity contribution in [2.24, 2.45) is 0 Å². The molecule has 1 nitrogen and oxygen atoms in total. The second kappa shape index (κ2) is 6.17. The van der Waals surface area contributed by atoms with E-state index in [1.165, 1.54) is 21.6 Å². The fourth-order valence-electron chi connectivity index (χ4n) is 2.18. The fraction of sp³-hybridized carbons (Fsp3) is 0.375. The number of benzene rings is 1. The lowest BCUT2D eigenvalue weighted by atomic mass is 10.0. The summed E-state index contributed by atoms with van der Waals surface area (Å²) in [5.74, 6) is 0. The van der Waals surface area contributed by atoms with Gasteiger partial charge in [-0.3, -0.25) is 0 Å². The number of rotatable bonds is 5. The summed E-state index contributed by atoms with van der Waals surface area (Å²) in [6.07, 6.45) is 1.16. The molecule has 1 atom stereocenters. The number of thiophene rings is 1. The molecule has 0 spiro atoms. The van der Waals surface area contributed by atoms with Crippen LogP contribution in [0.5, 0.6) is 0 Å². The maximum atomic E-state index is 3.67. The Morgan fingerprint density at radius 2 is 2.06 bits per heavy atom. The number of aryl methyl sites for hydroxylation is 2. The summed E-state index contributed by atoms with van der Waals surface area (Å²) in [6.45, 7) is 7.61. The van der Waals surface area contributed by atoms with Gasteiger partial charge in [0.15, 0.2) is 0 Å². The molecule has 1 unspecified atom stereocenters. The second-order valence-corrected chi connectivity index (χ2v) is 5.72. The average molecular weight is 259 g/mol. The van der Waals surface area contributed by atoms with Gasteiger partial charge in [-0.05, 0) is 49.4 Å². The van der Waals surface area contributed by atoms with Crippen LogP contribution in [0.1, 0.15) is 41.0 Å². The van der Waals surface area contributed by atoms with Gasteiger partial charge in [0.1, 0.15) is 0 Å². The Morgan fingerprint density at radius 3 is 2.67 bits per heavy atom. The highest BCUT2D eigenvalue weighted by Gasteiger charge is 2.16. The molecule has 0 aliphatic carbocycles. The van der Waals surface area contributed by atoms with E-state index in [9.17, 15) is 0 Å². The van der Waals surface area contributed by atoms with Gasteiger partial charge in [0.2, 0.25) is 0 Å². The lowest BCUT2D eigenvalue weighted by Crippen LogP contribution is -2.23. The molecule has 2 rings (SSSR count). The van der Waals surface area contributed by atoms with Crippen molar-refractivity contribution in [1.29, 1.82) is 0 Å². The molecule has 0 fully saturated rings. The van der Waals surface area contributed by atoms with E-state index in [4.69, 9.17) is 0 Å². The van der Waals surface area contributed by atoms with Crippen molar-refractivity contribution in [3.05, 3.63) is 57.3 Å². The van der Waals surface area contributed by atoms with E-state index in [0.29, 0.717) is 6.04 Å². The highest BCUT2D eigenvalue weighted by molar-refractivity contribution is 7.10. The molecule has 1 heterocycles. The minimum Gasteiger partial charge on any atom is -0.306 e. The Labute approximate surface area is 114 Å². The third kappa shape index (κ3) is 3.01. The van der Waals surface area contributed by atoms with Gasteiger partial charge in [0.05, 0.1) is 6.04 Å². The molecule has 0 saturated heterocycles. The molecule has 0 aliphatic heterocycles. The Balaban J connectivity index is 2.33. The Hall–Kier alpha value is -1.12. The molecule has 0 bridgehead atoms. The van der Waals surface area contributed by atoms with Crippen LogP contribution in [-0.2, 0) is 0 Å². The Kier molecular flexibility index (Phi) is 4.56. The third-order valence-electron chi connectivity index (χ3n) is 3.14. The van der Waals surface area contributed by atoms with Crippen LogP contribution in [0, 0.1) is 13.8 Å². The van der Waals surface area contributed by atoms with Crippen LogP contribution >= 0.6 is 11.3 Å². The number of hydrogen-bond donors (Lipinski definition) is 1. The first-order chi connectivity index (χ1) is 8.72. The van der Waals surface area contributed by atoms with Gasteiger partial charge in [-0.2, -0.15) is 0 Å². The largest absolute Gasteiger partial charge is 0.306 e. The van der Waals surface area contributed by atoms with E-state index in [-0.39, 0.29) is 0 Å². The normalized spacial score (nSPS) is 12.6. The first-order valence-corrected chi connectivity index (χ1v) is 7.44. The van der Waals surface area contributed by atoms with Crippen LogP contribution < -0.4 is 5.32 Å². The second-order valence-electron chi connectivity index (χ2n) is 4.77. The van der Waals surface area contributed by atoms with Gasteiger partial charge in [-0.25, -0.2) is 0 Å². The molecule has 0 amide bonds. The highest BCUT2D eigenvalue weighted by atomic mass is 32.1. The van der Waals surface area contributed by atoms with Gasteiger partial charge >= 0.3 is 0 Å². The minimum absolute atomic E-state index is 0.338. The molecule has 18 heavy (non-hydrogen) atoms. The zero-order valence-corrected chi connectivity index (χ0v) is 12.2. The smallest absolute Gasteiger partial charge is 0.0673 e. The predicted octanol–water partition coefficient (Wildman–Crippen LogP) is 4.45. The predicted molar refractivity (Wildman–Crippen MR) is 80.4 cm³/mol. The Morgan fingerprint density at radius 1 is 1.22 bits per heavy atom. The van der Waals surface area contributed by atoms with Crippen LogP contribution in [0.3, 0.4) is 0 Å². The van der Waals surface area contributed by atoms with Crippen LogP contribution in [0.25, 0.3) is 0 Å². The van der Waals surface area contributed by atoms with Crippen LogP contribution in [0.2, 0.25) is 0 Å². The maximum Gasteiger partial charge on any atom is 0.0673 e. The zero-order valence-electron chi connectivity index (χ0n) is 11.4. The van der Waals surface area contributed by atoms with Gasteiger partial charge in [0, 0.05) is 4.88 Å². The van der Waals surface area contributed by atoms with Crippen molar-refractivity contribution >= 4 is 11.3 Å². The molecule has 1 aromatic heterocycles. The topological polar surface area (TPSA) is 12.0 Å². The monoisotopic (exact) mass is 259 g/mol. The first kappa shape index (κ1) is 13.3. The minimum atomic E-state index is 0.338. The summed E-state index contributed by atoms with van der Waals surface area (Å²) < 4.78 is 0.